The lowest BCUT2D eigenvalue weighted by Crippen LogP contribution is -1.99. The van der Waals surface area contributed by atoms with Gasteiger partial charge in [0.25, 0.3) is 0 Å². The highest BCUT2D eigenvalue weighted by Crippen LogP contribution is 2.20. The molecule has 2 heterocycles. The van der Waals surface area contributed by atoms with Gasteiger partial charge in [0.2, 0.25) is 11.0 Å². The topological polar surface area (TPSA) is 76.7 Å². The number of hydrogen-bond donors (Lipinski definition) is 1. The van der Waals surface area contributed by atoms with Crippen molar-refractivity contribution in [2.45, 2.75) is 13.5 Å². The molecule has 0 amide bonds. The molecule has 0 saturated carbocycles. The van der Waals surface area contributed by atoms with Crippen molar-refractivity contribution < 1.29 is 4.52 Å². The van der Waals surface area contributed by atoms with E-state index in [9.17, 15) is 0 Å². The zero-order valence-electron chi connectivity index (χ0n) is 7.19. The van der Waals surface area contributed by atoms with Crippen molar-refractivity contribution in [1.29, 1.82) is 0 Å². The normalized spacial score (nSPS) is 10.4. The first kappa shape index (κ1) is 9.53. The molecule has 0 bridgehead atoms. The van der Waals surface area contributed by atoms with Crippen LogP contribution in [-0.2, 0) is 6.54 Å². The minimum absolute atomic E-state index is 0.461. The average Bonchev–Trinajstić information content (AvgIpc) is 2.72. The maximum absolute atomic E-state index is 4.91. The summed E-state index contributed by atoms with van der Waals surface area (Å²) in [5.74, 6) is 1.16. The summed E-state index contributed by atoms with van der Waals surface area (Å²) in [6.45, 7) is 2.23. The van der Waals surface area contributed by atoms with E-state index in [1.807, 2.05) is 0 Å². The van der Waals surface area contributed by atoms with Gasteiger partial charge in [-0.25, -0.2) is 0 Å². The van der Waals surface area contributed by atoms with Gasteiger partial charge in [-0.15, -0.1) is 10.2 Å². The van der Waals surface area contributed by atoms with E-state index < -0.39 is 0 Å². The van der Waals surface area contributed by atoms with E-state index in [1.165, 1.54) is 11.3 Å². The molecule has 0 saturated heterocycles. The molecule has 8 heteroatoms. The van der Waals surface area contributed by atoms with E-state index >= 15 is 0 Å². The van der Waals surface area contributed by atoms with Crippen LogP contribution in [0.5, 0.6) is 0 Å². The molecule has 0 fully saturated rings. The second kappa shape index (κ2) is 4.01. The van der Waals surface area contributed by atoms with Gasteiger partial charge in [0.1, 0.15) is 0 Å². The Balaban J connectivity index is 1.94. The number of aromatic nitrogens is 4. The summed E-state index contributed by atoms with van der Waals surface area (Å²) in [5.41, 5.74) is 0. The number of nitrogens with zero attached hydrogens (tertiary/aromatic N) is 4. The Kier molecular flexibility index (Phi) is 2.73. The lowest BCUT2D eigenvalue weighted by molar-refractivity contribution is 0.379. The number of nitrogens with one attached hydrogen (secondary N) is 1. The molecule has 0 radical (unpaired) electrons. The number of hydrogen-bond acceptors (Lipinski definition) is 7. The molecular formula is C6H6BrN5OS. The third kappa shape index (κ3) is 2.26. The standard InChI is InChI=1S/C6H6BrN5OS/c1-3-9-4(13-12-3)2-8-6-11-10-5(7)14-6/h2H2,1H3,(H,8,11). The first-order chi connectivity index (χ1) is 6.74. The Morgan fingerprint density at radius 2 is 2.36 bits per heavy atom. The molecule has 0 aliphatic heterocycles. The Morgan fingerprint density at radius 3 is 2.93 bits per heavy atom. The Bertz CT molecular complexity index is 387. The molecule has 0 spiro atoms. The summed E-state index contributed by atoms with van der Waals surface area (Å²) in [5, 5.41) is 15.0. The minimum Gasteiger partial charge on any atom is -0.351 e. The average molecular weight is 276 g/mol. The number of aryl methyl sites for hydroxylation is 1. The van der Waals surface area contributed by atoms with Crippen molar-refractivity contribution in [2.24, 2.45) is 0 Å². The fraction of sp³-hybridized carbons (Fsp3) is 0.333. The number of rotatable bonds is 3. The monoisotopic (exact) mass is 275 g/mol. The molecule has 2 rings (SSSR count). The lowest BCUT2D eigenvalue weighted by atomic mass is 10.6. The van der Waals surface area contributed by atoms with Crippen LogP contribution in [0.25, 0.3) is 0 Å². The van der Waals surface area contributed by atoms with E-state index in [-0.39, 0.29) is 0 Å². The molecular weight excluding hydrogens is 270 g/mol. The summed E-state index contributed by atoms with van der Waals surface area (Å²) < 4.78 is 5.65. The third-order valence-corrected chi connectivity index (χ3v) is 2.67. The van der Waals surface area contributed by atoms with Gasteiger partial charge in [0.15, 0.2) is 9.74 Å². The van der Waals surface area contributed by atoms with Gasteiger partial charge < -0.3 is 9.84 Å². The van der Waals surface area contributed by atoms with Gasteiger partial charge in [-0.05, 0) is 22.9 Å². The second-order valence-corrected chi connectivity index (χ2v) is 4.70. The highest BCUT2D eigenvalue weighted by atomic mass is 79.9. The molecule has 1 N–H and O–H groups in total. The van der Waals surface area contributed by atoms with Crippen LogP contribution in [0.4, 0.5) is 5.13 Å². The van der Waals surface area contributed by atoms with E-state index in [0.29, 0.717) is 23.4 Å². The third-order valence-electron chi connectivity index (χ3n) is 1.36. The maximum atomic E-state index is 4.91. The summed E-state index contributed by atoms with van der Waals surface area (Å²) in [4.78, 5) is 4.04. The second-order valence-electron chi connectivity index (χ2n) is 2.45. The minimum atomic E-state index is 0.461. The molecule has 6 nitrogen and oxygen atoms in total. The fourth-order valence-corrected chi connectivity index (χ4v) is 1.85. The maximum Gasteiger partial charge on any atom is 0.246 e. The molecule has 0 aliphatic carbocycles. The first-order valence-corrected chi connectivity index (χ1v) is 5.37. The first-order valence-electron chi connectivity index (χ1n) is 3.76. The van der Waals surface area contributed by atoms with E-state index in [2.05, 4.69) is 41.6 Å². The van der Waals surface area contributed by atoms with Crippen molar-refractivity contribution in [2.75, 3.05) is 5.32 Å². The molecule has 0 unspecified atom stereocenters. The Morgan fingerprint density at radius 1 is 1.50 bits per heavy atom. The van der Waals surface area contributed by atoms with Gasteiger partial charge >= 0.3 is 0 Å². The van der Waals surface area contributed by atoms with Gasteiger partial charge in [-0.2, -0.15) is 4.98 Å². The zero-order valence-corrected chi connectivity index (χ0v) is 9.59. The van der Waals surface area contributed by atoms with Crippen LogP contribution in [0.1, 0.15) is 11.7 Å². The van der Waals surface area contributed by atoms with Crippen LogP contribution >= 0.6 is 27.3 Å². The van der Waals surface area contributed by atoms with Crippen molar-refractivity contribution in [3.63, 3.8) is 0 Å². The molecule has 2 aromatic heterocycles. The van der Waals surface area contributed by atoms with Crippen LogP contribution in [0.3, 0.4) is 0 Å². The molecule has 2 aromatic rings. The summed E-state index contributed by atoms with van der Waals surface area (Å²) in [6.07, 6.45) is 0. The molecule has 0 aromatic carbocycles. The number of halogens is 1. The largest absolute Gasteiger partial charge is 0.351 e. The predicted molar refractivity (Wildman–Crippen MR) is 54.0 cm³/mol. The molecule has 0 aliphatic rings. The van der Waals surface area contributed by atoms with Gasteiger partial charge in [0.05, 0.1) is 6.54 Å². The summed E-state index contributed by atoms with van der Waals surface area (Å²) >= 11 is 4.62. The highest BCUT2D eigenvalue weighted by molar-refractivity contribution is 9.11. The van der Waals surface area contributed by atoms with Crippen LogP contribution < -0.4 is 5.32 Å². The lowest BCUT2D eigenvalue weighted by Gasteiger charge is -1.94. The predicted octanol–water partition coefficient (Wildman–Crippen LogP) is 1.60. The van der Waals surface area contributed by atoms with Gasteiger partial charge in [-0.3, -0.25) is 0 Å². The number of anilines is 1. The van der Waals surface area contributed by atoms with Crippen molar-refractivity contribution >= 4 is 32.4 Å². The van der Waals surface area contributed by atoms with E-state index in [4.69, 9.17) is 4.52 Å². The fourth-order valence-electron chi connectivity index (χ4n) is 0.840. The molecule has 74 valence electrons. The Hall–Kier alpha value is -1.02. The quantitative estimate of drug-likeness (QED) is 0.917. The summed E-state index contributed by atoms with van der Waals surface area (Å²) in [7, 11) is 0. The van der Waals surface area contributed by atoms with Crippen LogP contribution in [0.2, 0.25) is 0 Å². The van der Waals surface area contributed by atoms with Crippen LogP contribution in [0, 0.1) is 6.92 Å². The van der Waals surface area contributed by atoms with Gasteiger partial charge in [-0.1, -0.05) is 16.5 Å². The van der Waals surface area contributed by atoms with Crippen molar-refractivity contribution in [3.8, 4) is 0 Å². The summed E-state index contributed by atoms with van der Waals surface area (Å²) in [6, 6.07) is 0. The zero-order chi connectivity index (χ0) is 9.97. The van der Waals surface area contributed by atoms with Crippen molar-refractivity contribution in [1.82, 2.24) is 20.3 Å². The van der Waals surface area contributed by atoms with Gasteiger partial charge in [0, 0.05) is 0 Å². The van der Waals surface area contributed by atoms with Crippen LogP contribution in [0.15, 0.2) is 8.44 Å². The molecule has 14 heavy (non-hydrogen) atoms. The van der Waals surface area contributed by atoms with E-state index in [1.54, 1.807) is 6.92 Å². The SMILES string of the molecule is Cc1noc(CNc2nnc(Br)s2)n1. The Labute approximate surface area is 91.9 Å². The smallest absolute Gasteiger partial charge is 0.246 e. The molecule has 0 atom stereocenters. The van der Waals surface area contributed by atoms with Crippen LogP contribution in [-0.4, -0.2) is 20.3 Å². The highest BCUT2D eigenvalue weighted by Gasteiger charge is 2.04. The van der Waals surface area contributed by atoms with Crippen molar-refractivity contribution in [3.05, 3.63) is 15.6 Å². The van der Waals surface area contributed by atoms with E-state index in [0.717, 1.165) is 3.92 Å².